The molecule has 1 aliphatic heterocycles. The van der Waals surface area contributed by atoms with Gasteiger partial charge in [0.05, 0.1) is 0 Å². The second-order valence-electron chi connectivity index (χ2n) is 4.11. The molecule has 94 valence electrons. The maximum absolute atomic E-state index is 13.6. The fourth-order valence-corrected chi connectivity index (χ4v) is 2.98. The quantitative estimate of drug-likeness (QED) is 0.740. The van der Waals surface area contributed by atoms with E-state index in [9.17, 15) is 13.2 Å². The van der Waals surface area contributed by atoms with Gasteiger partial charge in [0.2, 0.25) is 0 Å². The average molecular weight is 270 g/mol. The van der Waals surface area contributed by atoms with Gasteiger partial charge in [0, 0.05) is 24.0 Å². The van der Waals surface area contributed by atoms with Gasteiger partial charge in [0.1, 0.15) is 0 Å². The van der Waals surface area contributed by atoms with E-state index in [1.54, 1.807) is 16.2 Å². The van der Waals surface area contributed by atoms with Gasteiger partial charge in [-0.1, -0.05) is 0 Å². The molecule has 6 heteroatoms. The Morgan fingerprint density at radius 3 is 2.89 bits per heavy atom. The van der Waals surface area contributed by atoms with Crippen molar-refractivity contribution in [3.63, 3.8) is 0 Å². The zero-order valence-corrected chi connectivity index (χ0v) is 10.1. The van der Waals surface area contributed by atoms with Crippen LogP contribution in [0.5, 0.6) is 0 Å². The van der Waals surface area contributed by atoms with Crippen LogP contribution in [0, 0.1) is 17.6 Å². The molecule has 2 aromatic rings. The third-order valence-electron chi connectivity index (χ3n) is 2.98. The van der Waals surface area contributed by atoms with Crippen molar-refractivity contribution in [1.82, 2.24) is 4.98 Å². The second-order valence-corrected chi connectivity index (χ2v) is 5.11. The van der Waals surface area contributed by atoms with Gasteiger partial charge in [0.25, 0.3) is 5.95 Å². The number of halogens is 3. The first-order chi connectivity index (χ1) is 8.65. The van der Waals surface area contributed by atoms with Crippen LogP contribution in [0.15, 0.2) is 17.5 Å². The highest BCUT2D eigenvalue weighted by molar-refractivity contribution is 7.10. The molecule has 0 N–H and O–H groups in total. The van der Waals surface area contributed by atoms with Crippen LogP contribution in [0.3, 0.4) is 0 Å². The van der Waals surface area contributed by atoms with Crippen molar-refractivity contribution in [3.8, 4) is 0 Å². The van der Waals surface area contributed by atoms with Gasteiger partial charge >= 0.3 is 0 Å². The highest BCUT2D eigenvalue weighted by atomic mass is 32.1. The van der Waals surface area contributed by atoms with Crippen LogP contribution in [-0.4, -0.2) is 11.5 Å². The topological polar surface area (TPSA) is 16.1 Å². The summed E-state index contributed by atoms with van der Waals surface area (Å²) < 4.78 is 39.5. The third-order valence-corrected chi connectivity index (χ3v) is 4.00. The van der Waals surface area contributed by atoms with Gasteiger partial charge in [-0.25, -0.2) is 8.78 Å². The molecule has 0 spiro atoms. The fraction of sp³-hybridized carbons (Fsp3) is 0.250. The molecule has 1 aliphatic rings. The van der Waals surface area contributed by atoms with Crippen LogP contribution in [0.1, 0.15) is 10.4 Å². The van der Waals surface area contributed by atoms with Gasteiger partial charge in [-0.15, -0.1) is 11.3 Å². The van der Waals surface area contributed by atoms with E-state index in [0.29, 0.717) is 19.2 Å². The molecule has 0 atom stereocenters. The van der Waals surface area contributed by atoms with Crippen molar-refractivity contribution in [2.45, 2.75) is 13.0 Å². The highest BCUT2D eigenvalue weighted by Crippen LogP contribution is 2.28. The van der Waals surface area contributed by atoms with E-state index in [2.05, 4.69) is 4.98 Å². The number of pyridine rings is 1. The smallest absolute Gasteiger partial charge is 0.251 e. The van der Waals surface area contributed by atoms with Crippen molar-refractivity contribution in [3.05, 3.63) is 45.5 Å². The molecule has 0 aromatic carbocycles. The lowest BCUT2D eigenvalue weighted by atomic mass is 10.1. The van der Waals surface area contributed by atoms with Gasteiger partial charge in [-0.2, -0.15) is 9.37 Å². The number of aromatic nitrogens is 1. The molecule has 0 saturated heterocycles. The van der Waals surface area contributed by atoms with Crippen molar-refractivity contribution < 1.29 is 13.2 Å². The molecule has 18 heavy (non-hydrogen) atoms. The lowest BCUT2D eigenvalue weighted by molar-refractivity contribution is 0.462. The van der Waals surface area contributed by atoms with Crippen LogP contribution in [0.4, 0.5) is 19.0 Å². The molecule has 0 saturated carbocycles. The van der Waals surface area contributed by atoms with Crippen LogP contribution < -0.4 is 4.90 Å². The summed E-state index contributed by atoms with van der Waals surface area (Å²) in [6.07, 6.45) is 0.771. The van der Waals surface area contributed by atoms with E-state index >= 15 is 0 Å². The maximum atomic E-state index is 13.6. The Balaban J connectivity index is 1.95. The molecule has 0 radical (unpaired) electrons. The number of rotatable bonds is 1. The van der Waals surface area contributed by atoms with Crippen LogP contribution in [0.25, 0.3) is 0 Å². The van der Waals surface area contributed by atoms with Crippen LogP contribution >= 0.6 is 11.3 Å². The number of thiophene rings is 1. The summed E-state index contributed by atoms with van der Waals surface area (Å²) in [5.41, 5.74) is 1.09. The van der Waals surface area contributed by atoms with Crippen LogP contribution in [0.2, 0.25) is 0 Å². The summed E-state index contributed by atoms with van der Waals surface area (Å²) in [6, 6.07) is 2.50. The van der Waals surface area contributed by atoms with Gasteiger partial charge in [-0.05, 0) is 23.4 Å². The summed E-state index contributed by atoms with van der Waals surface area (Å²) in [6.45, 7) is 1.04. The Morgan fingerprint density at radius 2 is 2.06 bits per heavy atom. The van der Waals surface area contributed by atoms with E-state index in [-0.39, 0.29) is 5.82 Å². The summed E-state index contributed by atoms with van der Waals surface area (Å²) in [5, 5.41) is 1.98. The van der Waals surface area contributed by atoms with E-state index in [0.717, 1.165) is 12.0 Å². The summed E-state index contributed by atoms with van der Waals surface area (Å²) in [4.78, 5) is 6.26. The summed E-state index contributed by atoms with van der Waals surface area (Å²) in [7, 11) is 0. The average Bonchev–Trinajstić information content (AvgIpc) is 2.80. The van der Waals surface area contributed by atoms with E-state index < -0.39 is 17.6 Å². The molecule has 0 fully saturated rings. The summed E-state index contributed by atoms with van der Waals surface area (Å²) >= 11 is 1.66. The SMILES string of the molecule is Fc1cc(F)c(N2CCc3sccc3C2)nc1F. The van der Waals surface area contributed by atoms with Crippen molar-refractivity contribution >= 4 is 17.2 Å². The zero-order valence-electron chi connectivity index (χ0n) is 9.29. The number of fused-ring (bicyclic) bond motifs is 1. The van der Waals surface area contributed by atoms with Gasteiger partial charge in [-0.3, -0.25) is 0 Å². The molecule has 3 rings (SSSR count). The lowest BCUT2D eigenvalue weighted by Gasteiger charge is -2.28. The zero-order chi connectivity index (χ0) is 12.7. The minimum atomic E-state index is -1.26. The van der Waals surface area contributed by atoms with Crippen molar-refractivity contribution in [2.24, 2.45) is 0 Å². The molecule has 2 nitrogen and oxygen atoms in total. The van der Waals surface area contributed by atoms with Crippen LogP contribution in [-0.2, 0) is 13.0 Å². The van der Waals surface area contributed by atoms with E-state index in [4.69, 9.17) is 0 Å². The van der Waals surface area contributed by atoms with E-state index in [1.807, 2.05) is 11.4 Å². The number of hydrogen-bond acceptors (Lipinski definition) is 3. The molecule has 0 amide bonds. The Labute approximate surface area is 106 Å². The Kier molecular flexibility index (Phi) is 2.74. The minimum Gasteiger partial charge on any atom is -0.349 e. The minimum absolute atomic E-state index is 0.120. The normalized spacial score (nSPS) is 14.7. The molecule has 0 aliphatic carbocycles. The Hall–Kier alpha value is -1.56. The fourth-order valence-electron chi connectivity index (χ4n) is 2.09. The molecule has 3 heterocycles. The number of nitrogens with zero attached hydrogens (tertiary/aromatic N) is 2. The number of hydrogen-bond donors (Lipinski definition) is 0. The predicted molar refractivity (Wildman–Crippen MR) is 63.2 cm³/mol. The van der Waals surface area contributed by atoms with Gasteiger partial charge in [0.15, 0.2) is 17.5 Å². The standard InChI is InChI=1S/C12H9F3N2S/c13-8-5-9(14)12(16-11(8)15)17-3-1-10-7(6-17)2-4-18-10/h2,4-5H,1,3,6H2. The van der Waals surface area contributed by atoms with Crippen molar-refractivity contribution in [1.29, 1.82) is 0 Å². The second kappa shape index (κ2) is 4.28. The lowest BCUT2D eigenvalue weighted by Crippen LogP contribution is -2.31. The first-order valence-electron chi connectivity index (χ1n) is 5.47. The maximum Gasteiger partial charge on any atom is 0.251 e. The molecule has 0 bridgehead atoms. The Bertz CT molecular complexity index is 597. The van der Waals surface area contributed by atoms with Crippen molar-refractivity contribution in [2.75, 3.05) is 11.4 Å². The molecule has 0 unspecified atom stereocenters. The van der Waals surface area contributed by atoms with E-state index in [1.165, 1.54) is 4.88 Å². The first-order valence-corrected chi connectivity index (χ1v) is 6.35. The highest BCUT2D eigenvalue weighted by Gasteiger charge is 2.22. The monoisotopic (exact) mass is 270 g/mol. The molecular weight excluding hydrogens is 261 g/mol. The third kappa shape index (κ3) is 1.86. The predicted octanol–water partition coefficient (Wildman–Crippen LogP) is 3.12. The summed E-state index contributed by atoms with van der Waals surface area (Å²) in [5.74, 6) is -3.47. The first kappa shape index (κ1) is 11.5. The molecule has 2 aromatic heterocycles. The largest absolute Gasteiger partial charge is 0.349 e. The van der Waals surface area contributed by atoms with Gasteiger partial charge < -0.3 is 4.90 Å². The molecular formula is C12H9F3N2S. The number of anilines is 1. The Morgan fingerprint density at radius 1 is 1.22 bits per heavy atom.